The van der Waals surface area contributed by atoms with Gasteiger partial charge in [-0.05, 0) is 49.4 Å². The number of aliphatic hydroxyl groups is 1. The summed E-state index contributed by atoms with van der Waals surface area (Å²) in [6.45, 7) is 7.32. The Morgan fingerprint density at radius 2 is 1.90 bits per heavy atom. The molecule has 7 N–H and O–H groups in total. The molecule has 3 aromatic heterocycles. The van der Waals surface area contributed by atoms with Crippen molar-refractivity contribution in [3.05, 3.63) is 58.8 Å². The number of nitrogens with zero attached hydrogens (tertiary/aromatic N) is 5. The van der Waals surface area contributed by atoms with Crippen molar-refractivity contribution in [2.75, 3.05) is 12.9 Å². The van der Waals surface area contributed by atoms with Gasteiger partial charge in [-0.15, -0.1) is 11.3 Å². The molecule has 17 heteroatoms. The van der Waals surface area contributed by atoms with Gasteiger partial charge < -0.3 is 31.2 Å². The fourth-order valence-corrected chi connectivity index (χ4v) is 4.90. The highest BCUT2D eigenvalue weighted by molar-refractivity contribution is 7.93. The number of hydrogen-bond acceptors (Lipinski definition) is 13. The van der Waals surface area contributed by atoms with Gasteiger partial charge in [0, 0.05) is 36.2 Å². The number of aromatic nitrogens is 4. The van der Waals surface area contributed by atoms with Gasteiger partial charge in [0.1, 0.15) is 22.4 Å². The number of nitrogens with two attached hydrogens (primary N) is 2. The third-order valence-electron chi connectivity index (χ3n) is 6.74. The molecule has 0 radical (unpaired) electrons. The van der Waals surface area contributed by atoms with Gasteiger partial charge in [-0.3, -0.25) is 14.6 Å². The van der Waals surface area contributed by atoms with Gasteiger partial charge in [-0.25, -0.2) is 19.0 Å². The van der Waals surface area contributed by atoms with E-state index in [4.69, 9.17) is 25.9 Å². The first-order valence-electron chi connectivity index (χ1n) is 15.1. The van der Waals surface area contributed by atoms with E-state index in [1.807, 2.05) is 20.8 Å². The quantitative estimate of drug-likeness (QED) is 0.0880. The molecule has 13 nitrogen and oxygen atoms in total. The topological polar surface area (TPSA) is 204 Å². The molecule has 1 saturated carbocycles. The lowest BCUT2D eigenvalue weighted by Crippen LogP contribution is -2.43. The van der Waals surface area contributed by atoms with E-state index in [9.17, 15) is 18.4 Å². The molecule has 0 bridgehead atoms. The lowest BCUT2D eigenvalue weighted by molar-refractivity contribution is -0.152. The Bertz CT molecular complexity index is 1530. The minimum atomic E-state index is -0.916. The van der Waals surface area contributed by atoms with Gasteiger partial charge in [0.25, 0.3) is 5.91 Å². The van der Waals surface area contributed by atoms with E-state index in [1.165, 1.54) is 33.8 Å². The molecule has 0 aromatic carbocycles. The monoisotopic (exact) mass is 710 g/mol. The van der Waals surface area contributed by atoms with Crippen LogP contribution in [0.2, 0.25) is 0 Å². The number of ether oxygens (including phenoxy) is 1. The summed E-state index contributed by atoms with van der Waals surface area (Å²) in [5.41, 5.74) is 11.6. The van der Waals surface area contributed by atoms with Crippen LogP contribution >= 0.6 is 23.4 Å². The maximum absolute atomic E-state index is 14.5. The average Bonchev–Trinajstić information content (AvgIpc) is 3.73. The maximum Gasteiger partial charge on any atom is 0.325 e. The molecule has 0 spiro atoms. The number of esters is 1. The van der Waals surface area contributed by atoms with Crippen molar-refractivity contribution in [1.82, 2.24) is 25.1 Å². The highest BCUT2D eigenvalue weighted by atomic mass is 32.2. The Hall–Kier alpha value is -3.77. The first-order valence-corrected chi connectivity index (χ1v) is 17.2. The highest BCUT2D eigenvalue weighted by Crippen LogP contribution is 2.25. The lowest BCUT2D eigenvalue weighted by atomic mass is 9.87. The van der Waals surface area contributed by atoms with Gasteiger partial charge in [0.05, 0.1) is 23.6 Å². The Labute approximate surface area is 287 Å². The van der Waals surface area contributed by atoms with Gasteiger partial charge >= 0.3 is 5.97 Å². The van der Waals surface area contributed by atoms with Crippen LogP contribution in [0.1, 0.15) is 76.0 Å². The summed E-state index contributed by atoms with van der Waals surface area (Å²) in [6.07, 6.45) is 11.1. The third kappa shape index (κ3) is 12.7. The minimum Gasteiger partial charge on any atom is -0.441 e. The van der Waals surface area contributed by atoms with Crippen LogP contribution in [0.4, 0.5) is 8.78 Å². The molecule has 3 aromatic rings. The van der Waals surface area contributed by atoms with Crippen LogP contribution in [0.25, 0.3) is 16.3 Å². The molecule has 1 amide bonds. The minimum absolute atomic E-state index is 0.0137. The third-order valence-corrected chi connectivity index (χ3v) is 7.63. The predicted molar refractivity (Wildman–Crippen MR) is 184 cm³/mol. The predicted octanol–water partition coefficient (Wildman–Crippen LogP) is 4.84. The van der Waals surface area contributed by atoms with Gasteiger partial charge in [0.2, 0.25) is 5.95 Å². The summed E-state index contributed by atoms with van der Waals surface area (Å²) in [7, 11) is 0. The first kappa shape index (κ1) is 40.4. The van der Waals surface area contributed by atoms with Gasteiger partial charge in [-0.1, -0.05) is 40.0 Å². The van der Waals surface area contributed by atoms with Crippen molar-refractivity contribution in [3.8, 4) is 10.6 Å². The summed E-state index contributed by atoms with van der Waals surface area (Å²) in [5.74, 6) is -2.93. The molecule has 0 aliphatic heterocycles. The van der Waals surface area contributed by atoms with E-state index in [2.05, 4.69) is 25.4 Å². The van der Waals surface area contributed by atoms with E-state index >= 15 is 0 Å². The number of amides is 1. The molecule has 1 unspecified atom stereocenters. The van der Waals surface area contributed by atoms with Crippen LogP contribution < -0.4 is 16.8 Å². The zero-order valence-electron chi connectivity index (χ0n) is 27.7. The zero-order valence-corrected chi connectivity index (χ0v) is 29.3. The number of aliphatic imine (C=N–C) groups is 1. The second kappa shape index (κ2) is 19.9. The second-order valence-corrected chi connectivity index (χ2v) is 12.8. The van der Waals surface area contributed by atoms with Crippen LogP contribution in [0.3, 0.4) is 0 Å². The lowest BCUT2D eigenvalue weighted by Gasteiger charge is -2.24. The molecular weight excluding hydrogens is 667 g/mol. The molecule has 1 aliphatic carbocycles. The van der Waals surface area contributed by atoms with Crippen LogP contribution in [0.15, 0.2) is 40.6 Å². The largest absolute Gasteiger partial charge is 0.441 e. The summed E-state index contributed by atoms with van der Waals surface area (Å²) in [6, 6.07) is 1.04. The standard InChI is InChI=1S/C28H34F2N8O3S.C2H6O.CH4OS/c1-28(2,3)24(32)27(40)41-15-38-13-16(11-34-38)26-36-20(14-42-26)25(39)35-19(12-33-17-7-5-4-6-8-17)22(31)23-18(29)9-10-21(30)37-23;1-2-3;1-3-2/h9-14,17,24H,4-8,15,31-32H2,1-3H3,(H,35,39);3H,2H2,1H3;2H,1H3/b22-19+,33-12?;;. The van der Waals surface area contributed by atoms with Crippen LogP contribution in [-0.4, -0.2) is 72.4 Å². The summed E-state index contributed by atoms with van der Waals surface area (Å²) >= 11 is 1.94. The van der Waals surface area contributed by atoms with E-state index in [0.29, 0.717) is 10.6 Å². The molecule has 4 rings (SSSR count). The number of allylic oxidation sites excluding steroid dienone is 1. The molecule has 3 heterocycles. The Morgan fingerprint density at radius 3 is 2.52 bits per heavy atom. The SMILES string of the molecule is CC(C)(C)C(N)C(=O)OCn1cc(-c2nc(C(=O)N/C(C=NC3CCCCC3)=C(/N)c3nc(F)ccc3F)cs2)cn1.CCO.CSO. The summed E-state index contributed by atoms with van der Waals surface area (Å²) < 4.78 is 42.4. The van der Waals surface area contributed by atoms with E-state index in [1.54, 1.807) is 19.4 Å². The fourth-order valence-electron chi connectivity index (χ4n) is 4.13. The van der Waals surface area contributed by atoms with Crippen LogP contribution in [0.5, 0.6) is 0 Å². The number of thiazole rings is 1. The second-order valence-electron chi connectivity index (χ2n) is 11.6. The Kier molecular flexibility index (Phi) is 16.8. The van der Waals surface area contributed by atoms with Crippen molar-refractivity contribution in [2.24, 2.45) is 21.9 Å². The number of hydrogen-bond donors (Lipinski definition) is 5. The van der Waals surface area contributed by atoms with E-state index in [-0.39, 0.29) is 36.5 Å². The number of aliphatic hydroxyl groups excluding tert-OH is 1. The molecule has 1 aliphatic rings. The van der Waals surface area contributed by atoms with E-state index in [0.717, 1.165) is 56.3 Å². The van der Waals surface area contributed by atoms with Crippen molar-refractivity contribution in [1.29, 1.82) is 0 Å². The zero-order chi connectivity index (χ0) is 35.9. The summed E-state index contributed by atoms with van der Waals surface area (Å²) in [5, 5.41) is 16.4. The molecular formula is C31H44F2N8O5S2. The number of nitrogens with one attached hydrogen (secondary N) is 1. The molecule has 1 fully saturated rings. The van der Waals surface area contributed by atoms with Crippen LogP contribution in [-0.2, 0) is 16.3 Å². The first-order chi connectivity index (χ1) is 22.7. The van der Waals surface area contributed by atoms with Crippen molar-refractivity contribution >= 4 is 47.2 Å². The Morgan fingerprint density at radius 1 is 1.25 bits per heavy atom. The van der Waals surface area contributed by atoms with Gasteiger partial charge in [-0.2, -0.15) is 9.49 Å². The normalized spacial score (nSPS) is 14.6. The fraction of sp³-hybridized carbons (Fsp3) is 0.484. The number of halogens is 2. The van der Waals surface area contributed by atoms with Crippen molar-refractivity contribution in [2.45, 2.75) is 78.6 Å². The number of rotatable bonds is 9. The Balaban J connectivity index is 0.00000124. The average molecular weight is 711 g/mol. The molecule has 48 heavy (non-hydrogen) atoms. The molecule has 264 valence electrons. The maximum atomic E-state index is 14.5. The number of carbonyl (C=O) groups excluding carboxylic acids is 2. The number of pyridine rings is 1. The van der Waals surface area contributed by atoms with E-state index < -0.39 is 40.8 Å². The van der Waals surface area contributed by atoms with Gasteiger partial charge in [0.15, 0.2) is 12.5 Å². The molecule has 1 atom stereocenters. The van der Waals surface area contributed by atoms with Crippen LogP contribution in [0, 0.1) is 17.2 Å². The smallest absolute Gasteiger partial charge is 0.325 e. The molecule has 0 saturated heterocycles. The number of carbonyl (C=O) groups is 2. The highest BCUT2D eigenvalue weighted by Gasteiger charge is 2.29. The van der Waals surface area contributed by atoms with Crippen molar-refractivity contribution in [3.63, 3.8) is 0 Å². The summed E-state index contributed by atoms with van der Waals surface area (Å²) in [4.78, 5) is 37.9. The van der Waals surface area contributed by atoms with Crippen molar-refractivity contribution < 1.29 is 32.8 Å².